The highest BCUT2D eigenvalue weighted by atomic mass is 35.5. The highest BCUT2D eigenvalue weighted by Crippen LogP contribution is 2.25. The summed E-state index contributed by atoms with van der Waals surface area (Å²) in [7, 11) is 0. The van der Waals surface area contributed by atoms with Gasteiger partial charge in [-0.25, -0.2) is 14.8 Å². The average Bonchev–Trinajstić information content (AvgIpc) is 2.74. The van der Waals surface area contributed by atoms with Crippen LogP contribution < -0.4 is 0 Å². The summed E-state index contributed by atoms with van der Waals surface area (Å²) < 4.78 is 11.5. The molecule has 2 saturated heterocycles. The summed E-state index contributed by atoms with van der Waals surface area (Å²) >= 11 is 5.75. The van der Waals surface area contributed by atoms with Gasteiger partial charge in [0.2, 0.25) is 5.28 Å². The van der Waals surface area contributed by atoms with Gasteiger partial charge < -0.3 is 14.4 Å². The first-order valence-electron chi connectivity index (χ1n) is 9.47. The number of amides is 1. The van der Waals surface area contributed by atoms with Crippen LogP contribution in [0.2, 0.25) is 5.28 Å². The maximum Gasteiger partial charge on any atom is 0.410 e. The number of halogens is 1. The molecule has 0 bridgehead atoms. The van der Waals surface area contributed by atoms with E-state index in [-0.39, 0.29) is 30.1 Å². The fraction of sp³-hybridized carbons (Fsp3) is 0.450. The predicted molar refractivity (Wildman–Crippen MR) is 104 cm³/mol. The molecular weight excluding hydrogens is 380 g/mol. The van der Waals surface area contributed by atoms with Crippen molar-refractivity contribution in [2.45, 2.75) is 31.7 Å². The third-order valence-electron chi connectivity index (χ3n) is 5.19. The molecule has 8 heteroatoms. The van der Waals surface area contributed by atoms with Crippen LogP contribution in [-0.2, 0) is 22.6 Å². The number of rotatable bonds is 4. The fourth-order valence-corrected chi connectivity index (χ4v) is 3.91. The first kappa shape index (κ1) is 19.1. The third kappa shape index (κ3) is 4.60. The zero-order chi connectivity index (χ0) is 19.3. The Morgan fingerprint density at radius 3 is 2.75 bits per heavy atom. The molecule has 3 heterocycles. The number of benzene rings is 1. The first-order chi connectivity index (χ1) is 13.7. The van der Waals surface area contributed by atoms with E-state index in [9.17, 15) is 4.79 Å². The molecule has 1 amide bonds. The van der Waals surface area contributed by atoms with Crippen molar-refractivity contribution in [1.29, 1.82) is 0 Å². The molecule has 28 heavy (non-hydrogen) atoms. The molecule has 0 unspecified atom stereocenters. The molecule has 1 aromatic heterocycles. The zero-order valence-electron chi connectivity index (χ0n) is 15.5. The topological polar surface area (TPSA) is 67.8 Å². The van der Waals surface area contributed by atoms with Gasteiger partial charge in [0.1, 0.15) is 6.61 Å². The van der Waals surface area contributed by atoms with Crippen molar-refractivity contribution in [3.05, 3.63) is 59.1 Å². The summed E-state index contributed by atoms with van der Waals surface area (Å²) in [5.41, 5.74) is 2.00. The number of piperidine rings is 1. The molecule has 2 aromatic rings. The van der Waals surface area contributed by atoms with Gasteiger partial charge in [0.05, 0.1) is 18.8 Å². The van der Waals surface area contributed by atoms with Crippen molar-refractivity contribution in [1.82, 2.24) is 19.8 Å². The van der Waals surface area contributed by atoms with Gasteiger partial charge in [0.15, 0.2) is 0 Å². The number of carbonyl (C=O) groups is 1. The second-order valence-corrected chi connectivity index (χ2v) is 7.43. The molecule has 2 atom stereocenters. The maximum atomic E-state index is 12.6. The van der Waals surface area contributed by atoms with E-state index < -0.39 is 0 Å². The standard InChI is InChI=1S/C20H23ClN4O3/c21-19-22-10-16(11-23-19)12-24-7-6-17-18(13-24)27-9-8-25(17)20(26)28-14-15-4-2-1-3-5-15/h1-5,10-11,17-18H,6-9,12-14H2/t17-,18-/m0/s1. The minimum absolute atomic E-state index is 0.0139. The van der Waals surface area contributed by atoms with Gasteiger partial charge in [-0.05, 0) is 23.6 Å². The van der Waals surface area contributed by atoms with Crippen LogP contribution in [0.5, 0.6) is 0 Å². The summed E-state index contributed by atoms with van der Waals surface area (Å²) in [6, 6.07) is 9.78. The van der Waals surface area contributed by atoms with Crippen LogP contribution >= 0.6 is 11.6 Å². The Bertz CT molecular complexity index is 790. The van der Waals surface area contributed by atoms with Crippen molar-refractivity contribution >= 4 is 17.7 Å². The van der Waals surface area contributed by atoms with Crippen molar-refractivity contribution in [3.8, 4) is 0 Å². The number of hydrogen-bond donors (Lipinski definition) is 0. The summed E-state index contributed by atoms with van der Waals surface area (Å²) in [4.78, 5) is 24.8. The van der Waals surface area contributed by atoms with E-state index in [4.69, 9.17) is 21.1 Å². The Morgan fingerprint density at radius 2 is 1.96 bits per heavy atom. The van der Waals surface area contributed by atoms with E-state index in [0.717, 1.165) is 37.2 Å². The van der Waals surface area contributed by atoms with Crippen molar-refractivity contribution in [3.63, 3.8) is 0 Å². The molecule has 2 aliphatic heterocycles. The maximum absolute atomic E-state index is 12.6. The average molecular weight is 403 g/mol. The van der Waals surface area contributed by atoms with Gasteiger partial charge >= 0.3 is 6.09 Å². The SMILES string of the molecule is O=C(OCc1ccccc1)N1CCO[C@H]2CN(Cc3cnc(Cl)nc3)CC[C@@H]21. The molecule has 2 fully saturated rings. The Hall–Kier alpha value is -2.22. The Balaban J connectivity index is 1.32. The molecular formula is C20H23ClN4O3. The number of hydrogen-bond acceptors (Lipinski definition) is 6. The third-order valence-corrected chi connectivity index (χ3v) is 5.39. The monoisotopic (exact) mass is 402 g/mol. The number of fused-ring (bicyclic) bond motifs is 1. The van der Waals surface area contributed by atoms with Gasteiger partial charge in [0, 0.05) is 44.1 Å². The highest BCUT2D eigenvalue weighted by molar-refractivity contribution is 6.28. The molecule has 1 aromatic carbocycles. The second kappa shape index (κ2) is 8.86. The lowest BCUT2D eigenvalue weighted by Gasteiger charge is -2.46. The Morgan fingerprint density at radius 1 is 1.18 bits per heavy atom. The largest absolute Gasteiger partial charge is 0.445 e. The van der Waals surface area contributed by atoms with Crippen LogP contribution in [0.25, 0.3) is 0 Å². The number of likely N-dealkylation sites (tertiary alicyclic amines) is 1. The quantitative estimate of drug-likeness (QED) is 0.732. The van der Waals surface area contributed by atoms with E-state index in [2.05, 4.69) is 14.9 Å². The molecule has 0 aliphatic carbocycles. The van der Waals surface area contributed by atoms with Gasteiger partial charge in [-0.2, -0.15) is 0 Å². The van der Waals surface area contributed by atoms with E-state index in [1.54, 1.807) is 12.4 Å². The molecule has 148 valence electrons. The zero-order valence-corrected chi connectivity index (χ0v) is 16.3. The number of morpholine rings is 1. The molecule has 2 aliphatic rings. The fourth-order valence-electron chi connectivity index (χ4n) is 3.81. The predicted octanol–water partition coefficient (Wildman–Crippen LogP) is 2.74. The van der Waals surface area contributed by atoms with Crippen LogP contribution in [-0.4, -0.2) is 64.2 Å². The van der Waals surface area contributed by atoms with Gasteiger partial charge in [-0.1, -0.05) is 30.3 Å². The van der Waals surface area contributed by atoms with Crippen LogP contribution in [0.1, 0.15) is 17.5 Å². The van der Waals surface area contributed by atoms with E-state index in [0.29, 0.717) is 13.2 Å². The van der Waals surface area contributed by atoms with Gasteiger partial charge in [-0.15, -0.1) is 0 Å². The lowest BCUT2D eigenvalue weighted by atomic mass is 9.98. The molecule has 0 N–H and O–H groups in total. The number of ether oxygens (including phenoxy) is 2. The van der Waals surface area contributed by atoms with Crippen LogP contribution in [0.15, 0.2) is 42.7 Å². The molecule has 0 radical (unpaired) electrons. The smallest absolute Gasteiger partial charge is 0.410 e. The molecule has 0 spiro atoms. The molecule has 0 saturated carbocycles. The van der Waals surface area contributed by atoms with Crippen molar-refractivity contribution in [2.24, 2.45) is 0 Å². The normalized spacial score (nSPS) is 22.5. The number of carbonyl (C=O) groups excluding carboxylic acids is 1. The van der Waals surface area contributed by atoms with E-state index in [1.165, 1.54) is 0 Å². The van der Waals surface area contributed by atoms with Crippen molar-refractivity contribution in [2.75, 3.05) is 26.2 Å². The first-order valence-corrected chi connectivity index (χ1v) is 9.84. The Labute approximate surface area is 169 Å². The van der Waals surface area contributed by atoms with Crippen LogP contribution in [0.3, 0.4) is 0 Å². The number of aromatic nitrogens is 2. The van der Waals surface area contributed by atoms with Crippen molar-refractivity contribution < 1.29 is 14.3 Å². The van der Waals surface area contributed by atoms with Crippen LogP contribution in [0.4, 0.5) is 4.79 Å². The van der Waals surface area contributed by atoms with Gasteiger partial charge in [-0.3, -0.25) is 4.90 Å². The van der Waals surface area contributed by atoms with E-state index >= 15 is 0 Å². The summed E-state index contributed by atoms with van der Waals surface area (Å²) in [5, 5.41) is 0.253. The molecule has 4 rings (SSSR count). The second-order valence-electron chi connectivity index (χ2n) is 7.09. The Kier molecular flexibility index (Phi) is 6.04. The minimum Gasteiger partial charge on any atom is -0.445 e. The lowest BCUT2D eigenvalue weighted by Crippen LogP contribution is -2.60. The van der Waals surface area contributed by atoms with Crippen LogP contribution in [0, 0.1) is 0 Å². The number of nitrogens with zero attached hydrogens (tertiary/aromatic N) is 4. The summed E-state index contributed by atoms with van der Waals surface area (Å²) in [6.45, 7) is 3.75. The molecule has 7 nitrogen and oxygen atoms in total. The lowest BCUT2D eigenvalue weighted by molar-refractivity contribution is -0.0992. The highest BCUT2D eigenvalue weighted by Gasteiger charge is 2.39. The summed E-state index contributed by atoms with van der Waals surface area (Å²) in [6.07, 6.45) is 4.06. The minimum atomic E-state index is -0.262. The van der Waals surface area contributed by atoms with E-state index in [1.807, 2.05) is 35.2 Å². The summed E-state index contributed by atoms with van der Waals surface area (Å²) in [5.74, 6) is 0. The van der Waals surface area contributed by atoms with Gasteiger partial charge in [0.25, 0.3) is 0 Å².